The molecular formula is C19H23N3O2. The van der Waals surface area contributed by atoms with Crippen molar-refractivity contribution in [3.63, 3.8) is 0 Å². The van der Waals surface area contributed by atoms with Crippen molar-refractivity contribution in [2.45, 2.75) is 45.3 Å². The molecule has 2 fully saturated rings. The van der Waals surface area contributed by atoms with E-state index in [-0.39, 0.29) is 5.91 Å². The topological polar surface area (TPSA) is 49.6 Å². The number of aromatic nitrogens is 1. The van der Waals surface area contributed by atoms with Crippen LogP contribution < -0.4 is 0 Å². The van der Waals surface area contributed by atoms with Crippen molar-refractivity contribution >= 4 is 5.91 Å². The standard InChI is InChI=1S/C19H23N3O2/c1-13-8-11-24-18(13)19(23)22-10-7-16-17(22)6-9-21(16)12-15-5-3-4-14(2)20-15/h3-5,8,11,16-17H,6-7,9-10,12H2,1-2H3/t16-,17+/m1/s1. The summed E-state index contributed by atoms with van der Waals surface area (Å²) in [5.74, 6) is 0.537. The minimum Gasteiger partial charge on any atom is -0.459 e. The molecule has 5 heteroatoms. The number of carbonyl (C=O) groups is 1. The van der Waals surface area contributed by atoms with Gasteiger partial charge >= 0.3 is 0 Å². The van der Waals surface area contributed by atoms with Crippen LogP contribution in [0, 0.1) is 13.8 Å². The molecule has 2 aliphatic heterocycles. The average molecular weight is 325 g/mol. The minimum absolute atomic E-state index is 0.0422. The predicted molar refractivity (Wildman–Crippen MR) is 90.7 cm³/mol. The van der Waals surface area contributed by atoms with Gasteiger partial charge in [0.05, 0.1) is 12.0 Å². The zero-order chi connectivity index (χ0) is 16.7. The van der Waals surface area contributed by atoms with Crippen LogP contribution in [0.4, 0.5) is 0 Å². The maximum atomic E-state index is 12.8. The number of likely N-dealkylation sites (tertiary alicyclic amines) is 2. The summed E-state index contributed by atoms with van der Waals surface area (Å²) in [6, 6.07) is 8.77. The summed E-state index contributed by atoms with van der Waals surface area (Å²) < 4.78 is 5.41. The first kappa shape index (κ1) is 15.4. The predicted octanol–water partition coefficient (Wildman–Crippen LogP) is 2.78. The van der Waals surface area contributed by atoms with Crippen molar-refractivity contribution < 1.29 is 9.21 Å². The van der Waals surface area contributed by atoms with Crippen LogP contribution >= 0.6 is 0 Å². The quantitative estimate of drug-likeness (QED) is 0.871. The van der Waals surface area contributed by atoms with Gasteiger partial charge in [-0.15, -0.1) is 0 Å². The number of aryl methyl sites for hydroxylation is 2. The van der Waals surface area contributed by atoms with Crippen molar-refractivity contribution in [2.24, 2.45) is 0 Å². The summed E-state index contributed by atoms with van der Waals surface area (Å²) in [5.41, 5.74) is 3.09. The van der Waals surface area contributed by atoms with E-state index >= 15 is 0 Å². The van der Waals surface area contributed by atoms with Gasteiger partial charge in [0, 0.05) is 43.0 Å². The Morgan fingerprint density at radius 3 is 2.79 bits per heavy atom. The number of hydrogen-bond donors (Lipinski definition) is 0. The lowest BCUT2D eigenvalue weighted by atomic mass is 10.1. The first-order valence-electron chi connectivity index (χ1n) is 8.65. The molecule has 0 saturated carbocycles. The second kappa shape index (κ2) is 6.06. The van der Waals surface area contributed by atoms with Gasteiger partial charge < -0.3 is 9.32 Å². The maximum Gasteiger partial charge on any atom is 0.290 e. The Bertz CT molecular complexity index is 755. The molecule has 4 heterocycles. The van der Waals surface area contributed by atoms with Crippen molar-refractivity contribution in [1.82, 2.24) is 14.8 Å². The summed E-state index contributed by atoms with van der Waals surface area (Å²) in [7, 11) is 0. The fourth-order valence-electron chi connectivity index (χ4n) is 4.14. The van der Waals surface area contributed by atoms with Crippen LogP contribution in [0.25, 0.3) is 0 Å². The van der Waals surface area contributed by atoms with Gasteiger partial charge in [-0.05, 0) is 44.9 Å². The first-order valence-corrected chi connectivity index (χ1v) is 8.65. The van der Waals surface area contributed by atoms with Crippen molar-refractivity contribution in [3.8, 4) is 0 Å². The Hall–Kier alpha value is -2.14. The van der Waals surface area contributed by atoms with Crippen LogP contribution in [0.2, 0.25) is 0 Å². The molecule has 5 nitrogen and oxygen atoms in total. The molecule has 0 unspecified atom stereocenters. The smallest absolute Gasteiger partial charge is 0.290 e. The van der Waals surface area contributed by atoms with Gasteiger partial charge in [-0.3, -0.25) is 14.7 Å². The van der Waals surface area contributed by atoms with Crippen LogP contribution in [0.1, 0.15) is 40.3 Å². The van der Waals surface area contributed by atoms with E-state index in [0.717, 1.165) is 49.4 Å². The molecule has 4 rings (SSSR count). The molecule has 126 valence electrons. The Balaban J connectivity index is 1.47. The molecule has 2 aromatic heterocycles. The summed E-state index contributed by atoms with van der Waals surface area (Å²) in [6.45, 7) is 6.65. The molecule has 0 radical (unpaired) electrons. The summed E-state index contributed by atoms with van der Waals surface area (Å²) in [5, 5.41) is 0. The zero-order valence-corrected chi connectivity index (χ0v) is 14.2. The third-order valence-electron chi connectivity index (χ3n) is 5.32. The third-order valence-corrected chi connectivity index (χ3v) is 5.32. The second-order valence-electron chi connectivity index (χ2n) is 6.88. The molecule has 0 spiro atoms. The normalized spacial score (nSPS) is 23.7. The number of rotatable bonds is 3. The van der Waals surface area contributed by atoms with E-state index in [4.69, 9.17) is 4.42 Å². The lowest BCUT2D eigenvalue weighted by Crippen LogP contribution is -2.39. The van der Waals surface area contributed by atoms with Gasteiger partial charge in [0.25, 0.3) is 5.91 Å². The SMILES string of the molecule is Cc1cccc(CN2CC[C@H]3[C@H]2CCN3C(=O)c2occc2C)n1. The molecule has 0 bridgehead atoms. The van der Waals surface area contributed by atoms with Crippen molar-refractivity contribution in [2.75, 3.05) is 13.1 Å². The van der Waals surface area contributed by atoms with E-state index in [0.29, 0.717) is 17.8 Å². The van der Waals surface area contributed by atoms with E-state index in [1.165, 1.54) is 0 Å². The molecule has 2 aliphatic rings. The van der Waals surface area contributed by atoms with Gasteiger partial charge in [0.1, 0.15) is 0 Å². The summed E-state index contributed by atoms with van der Waals surface area (Å²) in [4.78, 5) is 21.9. The molecule has 2 atom stereocenters. The van der Waals surface area contributed by atoms with Gasteiger partial charge in [-0.1, -0.05) is 6.07 Å². The van der Waals surface area contributed by atoms with Gasteiger partial charge in [0.15, 0.2) is 5.76 Å². The molecule has 0 N–H and O–H groups in total. The number of carbonyl (C=O) groups excluding carboxylic acids is 1. The van der Waals surface area contributed by atoms with Crippen LogP contribution in [0.15, 0.2) is 34.9 Å². The Labute approximate surface area is 142 Å². The number of hydrogen-bond acceptors (Lipinski definition) is 4. The third kappa shape index (κ3) is 2.63. The molecule has 0 aliphatic carbocycles. The van der Waals surface area contributed by atoms with Gasteiger partial charge in [-0.2, -0.15) is 0 Å². The molecule has 24 heavy (non-hydrogen) atoms. The molecule has 2 saturated heterocycles. The highest BCUT2D eigenvalue weighted by atomic mass is 16.3. The molecule has 2 aromatic rings. The highest BCUT2D eigenvalue weighted by Gasteiger charge is 2.45. The summed E-state index contributed by atoms with van der Waals surface area (Å²) >= 11 is 0. The number of amides is 1. The largest absolute Gasteiger partial charge is 0.459 e. The van der Waals surface area contributed by atoms with E-state index in [2.05, 4.69) is 22.0 Å². The zero-order valence-electron chi connectivity index (χ0n) is 14.2. The number of nitrogens with zero attached hydrogens (tertiary/aromatic N) is 3. The van der Waals surface area contributed by atoms with E-state index < -0.39 is 0 Å². The van der Waals surface area contributed by atoms with Crippen LogP contribution in [0.3, 0.4) is 0 Å². The lowest BCUT2D eigenvalue weighted by molar-refractivity contribution is 0.0698. The highest BCUT2D eigenvalue weighted by molar-refractivity contribution is 5.93. The average Bonchev–Trinajstić information content (AvgIpc) is 3.24. The van der Waals surface area contributed by atoms with Crippen LogP contribution in [0.5, 0.6) is 0 Å². The molecule has 1 amide bonds. The number of pyridine rings is 1. The van der Waals surface area contributed by atoms with Gasteiger partial charge in [-0.25, -0.2) is 0 Å². The monoisotopic (exact) mass is 325 g/mol. The van der Waals surface area contributed by atoms with Crippen LogP contribution in [-0.4, -0.2) is 45.9 Å². The Morgan fingerprint density at radius 1 is 1.21 bits per heavy atom. The van der Waals surface area contributed by atoms with E-state index in [1.54, 1.807) is 6.26 Å². The van der Waals surface area contributed by atoms with Crippen molar-refractivity contribution in [1.29, 1.82) is 0 Å². The lowest BCUT2D eigenvalue weighted by Gasteiger charge is -2.25. The van der Waals surface area contributed by atoms with E-state index in [9.17, 15) is 4.79 Å². The van der Waals surface area contributed by atoms with E-state index in [1.807, 2.05) is 30.9 Å². The second-order valence-corrected chi connectivity index (χ2v) is 6.88. The molecular weight excluding hydrogens is 302 g/mol. The number of furan rings is 1. The highest BCUT2D eigenvalue weighted by Crippen LogP contribution is 2.33. The fraction of sp³-hybridized carbons (Fsp3) is 0.474. The van der Waals surface area contributed by atoms with Gasteiger partial charge in [0.2, 0.25) is 0 Å². The Morgan fingerprint density at radius 2 is 2.04 bits per heavy atom. The maximum absolute atomic E-state index is 12.8. The first-order chi connectivity index (χ1) is 11.6. The minimum atomic E-state index is 0.0422. The summed E-state index contributed by atoms with van der Waals surface area (Å²) in [6.07, 6.45) is 3.66. The Kier molecular flexibility index (Phi) is 3.88. The van der Waals surface area contributed by atoms with Crippen LogP contribution in [-0.2, 0) is 6.54 Å². The number of fused-ring (bicyclic) bond motifs is 1. The van der Waals surface area contributed by atoms with Crippen molar-refractivity contribution in [3.05, 3.63) is 53.2 Å². The molecule has 0 aromatic carbocycles. The fourth-order valence-corrected chi connectivity index (χ4v) is 4.14.